The predicted molar refractivity (Wildman–Crippen MR) is 109 cm³/mol. The molecule has 8 atom stereocenters. The predicted octanol–water partition coefficient (Wildman–Crippen LogP) is 5.70. The Hall–Kier alpha value is -0.280. The van der Waals surface area contributed by atoms with Crippen molar-refractivity contribution in [3.05, 3.63) is 0 Å². The van der Waals surface area contributed by atoms with Crippen LogP contribution in [0.4, 0.5) is 0 Å². The quantitative estimate of drug-likeness (QED) is 0.419. The number of carbonyl (C=O) groups excluding carboxylic acids is 2. The highest BCUT2D eigenvalue weighted by Crippen LogP contribution is 2.87. The first-order valence-corrected chi connectivity index (χ1v) is 12.0. The van der Waals surface area contributed by atoms with E-state index in [-0.39, 0.29) is 34.2 Å². The van der Waals surface area contributed by atoms with Crippen molar-refractivity contribution in [3.8, 4) is 0 Å². The molecule has 5 aliphatic rings. The number of fused-ring (bicyclic) bond motifs is 4. The fourth-order valence-corrected chi connectivity index (χ4v) is 9.98. The average molecular weight is 427 g/mol. The number of Topliss-reactive ketones (excluding diaryl/α,β-unsaturated/α-hetero) is 1. The normalized spacial score (nSPS) is 53.5. The highest BCUT2D eigenvalue weighted by atomic mass is 35.5. The van der Waals surface area contributed by atoms with Crippen LogP contribution < -0.4 is 0 Å². The largest absolute Gasteiger partial charge is 0.462 e. The Balaban J connectivity index is 1.48. The van der Waals surface area contributed by atoms with Gasteiger partial charge in [-0.25, -0.2) is 0 Å². The second-order valence-corrected chi connectivity index (χ2v) is 12.2. The van der Waals surface area contributed by atoms with Gasteiger partial charge in [0, 0.05) is 36.0 Å². The van der Waals surface area contributed by atoms with Crippen molar-refractivity contribution in [1.82, 2.24) is 0 Å². The van der Waals surface area contributed by atoms with E-state index in [4.69, 9.17) is 27.9 Å². The fraction of sp³-hybridized carbons (Fsp3) is 0.913. The van der Waals surface area contributed by atoms with Gasteiger partial charge in [-0.2, -0.15) is 0 Å². The van der Waals surface area contributed by atoms with E-state index in [1.165, 1.54) is 0 Å². The molecule has 5 saturated carbocycles. The third-order valence-corrected chi connectivity index (χ3v) is 11.4. The van der Waals surface area contributed by atoms with Gasteiger partial charge in [0.2, 0.25) is 0 Å². The van der Waals surface area contributed by atoms with Crippen LogP contribution in [0.2, 0.25) is 0 Å². The maximum absolute atomic E-state index is 12.4. The minimum absolute atomic E-state index is 0.0503. The monoisotopic (exact) mass is 426 g/mol. The van der Waals surface area contributed by atoms with Gasteiger partial charge in [0.05, 0.1) is 0 Å². The van der Waals surface area contributed by atoms with Crippen LogP contribution in [-0.4, -0.2) is 22.2 Å². The van der Waals surface area contributed by atoms with Gasteiger partial charge in [-0.3, -0.25) is 9.59 Å². The molecule has 0 heterocycles. The Kier molecular flexibility index (Phi) is 4.15. The highest BCUT2D eigenvalue weighted by Gasteiger charge is 2.86. The van der Waals surface area contributed by atoms with Crippen LogP contribution in [0.3, 0.4) is 0 Å². The zero-order chi connectivity index (χ0) is 20.1. The summed E-state index contributed by atoms with van der Waals surface area (Å²) < 4.78 is 5.15. The van der Waals surface area contributed by atoms with Crippen molar-refractivity contribution in [1.29, 1.82) is 0 Å². The number of ether oxygens (including phenoxy) is 1. The molecule has 5 heteroatoms. The van der Waals surface area contributed by atoms with E-state index in [0.717, 1.165) is 38.5 Å². The van der Waals surface area contributed by atoms with E-state index < -0.39 is 4.33 Å². The number of hydrogen-bond donors (Lipinski definition) is 0. The first-order chi connectivity index (χ1) is 13.1. The molecule has 3 nitrogen and oxygen atoms in total. The van der Waals surface area contributed by atoms with Crippen molar-refractivity contribution in [2.45, 2.75) is 89.0 Å². The summed E-state index contributed by atoms with van der Waals surface area (Å²) in [5.74, 6) is 2.24. The summed E-state index contributed by atoms with van der Waals surface area (Å²) in [7, 11) is 0. The molecule has 5 rings (SSSR count). The van der Waals surface area contributed by atoms with Crippen molar-refractivity contribution in [2.24, 2.45) is 39.9 Å². The Bertz CT molecular complexity index is 735. The number of ketones is 1. The molecule has 5 aliphatic carbocycles. The maximum Gasteiger partial charge on any atom is 0.305 e. The second kappa shape index (κ2) is 5.90. The topological polar surface area (TPSA) is 43.4 Å². The van der Waals surface area contributed by atoms with E-state index in [0.29, 0.717) is 42.8 Å². The summed E-state index contributed by atoms with van der Waals surface area (Å²) in [4.78, 5) is 24.4. The van der Waals surface area contributed by atoms with Gasteiger partial charge in [-0.1, -0.05) is 20.8 Å². The highest BCUT2D eigenvalue weighted by molar-refractivity contribution is 6.52. The molecule has 0 saturated heterocycles. The van der Waals surface area contributed by atoms with Crippen LogP contribution in [0.5, 0.6) is 0 Å². The van der Waals surface area contributed by atoms with E-state index in [9.17, 15) is 9.59 Å². The third-order valence-electron chi connectivity index (χ3n) is 10.2. The van der Waals surface area contributed by atoms with Gasteiger partial charge in [-0.05, 0) is 61.7 Å². The zero-order valence-electron chi connectivity index (χ0n) is 17.2. The zero-order valence-corrected chi connectivity index (χ0v) is 18.7. The second-order valence-electron chi connectivity index (χ2n) is 10.8. The van der Waals surface area contributed by atoms with E-state index in [1.807, 2.05) is 6.92 Å². The average Bonchev–Trinajstić information content (AvgIpc) is 2.93. The Morgan fingerprint density at radius 2 is 1.89 bits per heavy atom. The van der Waals surface area contributed by atoms with Gasteiger partial charge in [0.25, 0.3) is 0 Å². The lowest BCUT2D eigenvalue weighted by atomic mass is 9.44. The van der Waals surface area contributed by atoms with Crippen LogP contribution in [0.1, 0.15) is 78.6 Å². The lowest BCUT2D eigenvalue weighted by molar-refractivity contribution is -0.165. The molecule has 1 spiro atoms. The van der Waals surface area contributed by atoms with Crippen molar-refractivity contribution >= 4 is 35.0 Å². The molecule has 0 aromatic heterocycles. The number of carbonyl (C=O) groups is 2. The fourth-order valence-electron chi connectivity index (χ4n) is 8.71. The number of hydrogen-bond acceptors (Lipinski definition) is 3. The van der Waals surface area contributed by atoms with Crippen molar-refractivity contribution < 1.29 is 14.3 Å². The molecule has 0 aromatic rings. The standard InChI is InChI=1S/C23H32Cl2O3/c1-4-19(27)28-18-6-5-15-14-11-17-22(23(17,24)25)12-13(26)7-10-21(22,3)16(14)8-9-20(15,18)2/h14-18H,4-12H2,1-3H3/t14-,15-,16-,17-,18-,20-,21+,22-/m0/s1. The molecular weight excluding hydrogens is 395 g/mol. The molecule has 0 N–H and O–H groups in total. The summed E-state index contributed by atoms with van der Waals surface area (Å²) in [6.45, 7) is 6.61. The number of rotatable bonds is 2. The van der Waals surface area contributed by atoms with E-state index in [2.05, 4.69) is 13.8 Å². The van der Waals surface area contributed by atoms with Gasteiger partial charge in [0.15, 0.2) is 0 Å². The molecule has 0 radical (unpaired) electrons. The molecule has 28 heavy (non-hydrogen) atoms. The summed E-state index contributed by atoms with van der Waals surface area (Å²) in [5.41, 5.74) is -0.0828. The van der Waals surface area contributed by atoms with Gasteiger partial charge >= 0.3 is 5.97 Å². The van der Waals surface area contributed by atoms with Gasteiger partial charge < -0.3 is 4.74 Å². The molecular formula is C23H32Cl2O3. The Labute approximate surface area is 178 Å². The van der Waals surface area contributed by atoms with Crippen molar-refractivity contribution in [3.63, 3.8) is 0 Å². The summed E-state index contributed by atoms with van der Waals surface area (Å²) in [6.07, 6.45) is 8.07. The van der Waals surface area contributed by atoms with Gasteiger partial charge in [-0.15, -0.1) is 23.2 Å². The van der Waals surface area contributed by atoms with Gasteiger partial charge in [0.1, 0.15) is 16.2 Å². The molecule has 0 aliphatic heterocycles. The summed E-state index contributed by atoms with van der Waals surface area (Å²) in [5, 5.41) is 0. The lowest BCUT2D eigenvalue weighted by Gasteiger charge is -2.60. The molecule has 156 valence electrons. The minimum Gasteiger partial charge on any atom is -0.462 e. The van der Waals surface area contributed by atoms with Crippen LogP contribution in [-0.2, 0) is 14.3 Å². The Morgan fingerprint density at radius 1 is 1.14 bits per heavy atom. The molecule has 0 unspecified atom stereocenters. The maximum atomic E-state index is 12.4. The smallest absolute Gasteiger partial charge is 0.305 e. The minimum atomic E-state index is -0.752. The molecule has 0 aromatic carbocycles. The number of alkyl halides is 2. The first-order valence-electron chi connectivity index (χ1n) is 11.2. The van der Waals surface area contributed by atoms with Crippen molar-refractivity contribution in [2.75, 3.05) is 0 Å². The molecule has 0 bridgehead atoms. The van der Waals surface area contributed by atoms with Crippen LogP contribution >= 0.6 is 23.2 Å². The number of esters is 1. The SMILES string of the molecule is CCC(=O)O[C@H]1CC[C@H]2[C@@H]3C[C@@H]4C(Cl)(Cl)[C@@]45CC(=O)CC[C@]5(C)[C@H]3CC[C@]12C. The Morgan fingerprint density at radius 3 is 2.61 bits per heavy atom. The summed E-state index contributed by atoms with van der Waals surface area (Å²) in [6, 6.07) is 0. The van der Waals surface area contributed by atoms with Crippen LogP contribution in [0.15, 0.2) is 0 Å². The van der Waals surface area contributed by atoms with Crippen LogP contribution in [0, 0.1) is 39.9 Å². The molecule has 5 fully saturated rings. The number of halogens is 2. The first kappa shape index (κ1) is 19.7. The van der Waals surface area contributed by atoms with Crippen LogP contribution in [0.25, 0.3) is 0 Å². The summed E-state index contributed by atoms with van der Waals surface area (Å²) >= 11 is 13.9. The lowest BCUT2D eigenvalue weighted by Crippen LogP contribution is -2.55. The third kappa shape index (κ3) is 2.14. The van der Waals surface area contributed by atoms with E-state index in [1.54, 1.807) is 0 Å². The van der Waals surface area contributed by atoms with E-state index >= 15 is 0 Å². The molecule has 0 amide bonds.